The van der Waals surface area contributed by atoms with Gasteiger partial charge in [0.2, 0.25) is 11.8 Å². The zero-order chi connectivity index (χ0) is 27.9. The molecule has 3 rings (SSSR count). The fourth-order valence-corrected chi connectivity index (χ4v) is 4.43. The molecule has 0 radical (unpaired) electrons. The summed E-state index contributed by atoms with van der Waals surface area (Å²) in [5.41, 5.74) is 0.372. The van der Waals surface area contributed by atoms with Crippen molar-refractivity contribution in [3.8, 4) is 17.2 Å². The molecule has 0 spiro atoms. The Bertz CT molecular complexity index is 1250. The van der Waals surface area contributed by atoms with E-state index in [1.165, 1.54) is 30.5 Å². The topological polar surface area (TPSA) is 106 Å². The number of anilines is 1. The van der Waals surface area contributed by atoms with Gasteiger partial charge in [-0.05, 0) is 74.2 Å². The van der Waals surface area contributed by atoms with E-state index in [-0.39, 0.29) is 12.5 Å². The van der Waals surface area contributed by atoms with Gasteiger partial charge in [0.15, 0.2) is 11.5 Å². The first-order valence-electron chi connectivity index (χ1n) is 11.9. The first-order chi connectivity index (χ1) is 18.1. The van der Waals surface area contributed by atoms with E-state index in [1.54, 1.807) is 67.1 Å². The highest BCUT2D eigenvalue weighted by Crippen LogP contribution is 2.35. The van der Waals surface area contributed by atoms with Gasteiger partial charge in [0.25, 0.3) is 5.91 Å². The van der Waals surface area contributed by atoms with Crippen LogP contribution in [0.3, 0.4) is 0 Å². The summed E-state index contributed by atoms with van der Waals surface area (Å²) < 4.78 is 16.1. The molecule has 1 atom stereocenters. The van der Waals surface area contributed by atoms with Crippen molar-refractivity contribution in [2.75, 3.05) is 32.8 Å². The van der Waals surface area contributed by atoms with E-state index >= 15 is 0 Å². The zero-order valence-corrected chi connectivity index (χ0v) is 23.2. The molecule has 1 unspecified atom stereocenters. The van der Waals surface area contributed by atoms with E-state index in [1.807, 2.05) is 20.8 Å². The van der Waals surface area contributed by atoms with Gasteiger partial charge in [0, 0.05) is 11.2 Å². The maximum Gasteiger partial charge on any atom is 0.261 e. The number of ether oxygens (including phenoxy) is 3. The van der Waals surface area contributed by atoms with Crippen LogP contribution in [0.2, 0.25) is 0 Å². The quantitative estimate of drug-likeness (QED) is 0.400. The Balaban J connectivity index is 2.09. The number of methoxy groups -OCH3 is 3. The van der Waals surface area contributed by atoms with E-state index in [2.05, 4.69) is 10.6 Å². The van der Waals surface area contributed by atoms with Crippen LogP contribution in [-0.4, -0.2) is 51.1 Å². The third kappa shape index (κ3) is 7.04. The number of thiophene rings is 1. The van der Waals surface area contributed by atoms with Crippen molar-refractivity contribution < 1.29 is 28.6 Å². The standard InChI is InChI=1S/C28H33N3O6S/c1-28(2,3)30-27(34)25(18-9-14-21(36-5)22(16-18)37-6)31(19-10-12-20(35-4)13-11-19)24(32)17-29-26(33)23-8-7-15-38-23/h7-16,25H,17H2,1-6H3,(H,29,33)(H,30,34). The van der Waals surface area contributed by atoms with Gasteiger partial charge in [-0.2, -0.15) is 0 Å². The molecule has 202 valence electrons. The van der Waals surface area contributed by atoms with Crippen LogP contribution in [0.5, 0.6) is 17.2 Å². The molecule has 2 N–H and O–H groups in total. The Morgan fingerprint density at radius 1 is 0.921 bits per heavy atom. The zero-order valence-electron chi connectivity index (χ0n) is 22.4. The highest BCUT2D eigenvalue weighted by atomic mass is 32.1. The molecule has 9 nitrogen and oxygen atoms in total. The number of carbonyl (C=O) groups excluding carboxylic acids is 3. The van der Waals surface area contributed by atoms with Crippen molar-refractivity contribution in [3.63, 3.8) is 0 Å². The SMILES string of the molecule is COc1ccc(N(C(=O)CNC(=O)c2cccs2)C(C(=O)NC(C)(C)C)c2ccc(OC)c(OC)c2)cc1. The van der Waals surface area contributed by atoms with Crippen LogP contribution in [0.25, 0.3) is 0 Å². The number of nitrogens with zero attached hydrogens (tertiary/aromatic N) is 1. The van der Waals surface area contributed by atoms with E-state index in [9.17, 15) is 14.4 Å². The van der Waals surface area contributed by atoms with E-state index in [0.717, 1.165) is 0 Å². The second-order valence-electron chi connectivity index (χ2n) is 9.38. The third-order valence-electron chi connectivity index (χ3n) is 5.49. The molecule has 0 aliphatic rings. The molecule has 2 aromatic carbocycles. The van der Waals surface area contributed by atoms with Crippen LogP contribution in [0.1, 0.15) is 42.0 Å². The van der Waals surface area contributed by atoms with Crippen molar-refractivity contribution in [1.82, 2.24) is 10.6 Å². The van der Waals surface area contributed by atoms with Gasteiger partial charge >= 0.3 is 0 Å². The minimum absolute atomic E-state index is 0.324. The number of hydrogen-bond donors (Lipinski definition) is 2. The molecular weight excluding hydrogens is 506 g/mol. The number of nitrogens with one attached hydrogen (secondary N) is 2. The molecule has 3 amide bonds. The first-order valence-corrected chi connectivity index (χ1v) is 12.8. The Morgan fingerprint density at radius 2 is 1.61 bits per heavy atom. The third-order valence-corrected chi connectivity index (χ3v) is 6.36. The summed E-state index contributed by atoms with van der Waals surface area (Å²) in [4.78, 5) is 42.0. The Kier molecular flexibility index (Phi) is 9.35. The molecular formula is C28H33N3O6S. The number of benzene rings is 2. The second-order valence-corrected chi connectivity index (χ2v) is 10.3. The van der Waals surface area contributed by atoms with Gasteiger partial charge in [0.1, 0.15) is 11.8 Å². The maximum absolute atomic E-state index is 13.8. The molecule has 0 bridgehead atoms. The molecule has 0 aliphatic carbocycles. The lowest BCUT2D eigenvalue weighted by molar-refractivity contribution is -0.127. The molecule has 1 aromatic heterocycles. The molecule has 10 heteroatoms. The number of rotatable bonds is 10. The summed E-state index contributed by atoms with van der Waals surface area (Å²) in [5, 5.41) is 7.44. The van der Waals surface area contributed by atoms with Gasteiger partial charge in [-0.1, -0.05) is 12.1 Å². The van der Waals surface area contributed by atoms with E-state index in [0.29, 0.717) is 33.4 Å². The molecule has 0 aliphatic heterocycles. The largest absolute Gasteiger partial charge is 0.497 e. The fourth-order valence-electron chi connectivity index (χ4n) is 3.79. The number of amides is 3. The van der Waals surface area contributed by atoms with Gasteiger partial charge in [-0.15, -0.1) is 11.3 Å². The summed E-state index contributed by atoms with van der Waals surface area (Å²) in [5.74, 6) is 0.227. The van der Waals surface area contributed by atoms with E-state index in [4.69, 9.17) is 14.2 Å². The first kappa shape index (κ1) is 28.5. The van der Waals surface area contributed by atoms with Crippen LogP contribution in [0.15, 0.2) is 60.0 Å². The van der Waals surface area contributed by atoms with Crippen molar-refractivity contribution in [2.24, 2.45) is 0 Å². The van der Waals surface area contributed by atoms with Crippen molar-refractivity contribution >= 4 is 34.7 Å². The number of hydrogen-bond acceptors (Lipinski definition) is 7. The Morgan fingerprint density at radius 3 is 2.16 bits per heavy atom. The van der Waals surface area contributed by atoms with Crippen molar-refractivity contribution in [3.05, 3.63) is 70.4 Å². The predicted octanol–water partition coefficient (Wildman–Crippen LogP) is 4.19. The lowest BCUT2D eigenvalue weighted by atomic mass is 10.00. The normalized spacial score (nSPS) is 11.7. The van der Waals surface area contributed by atoms with Gasteiger partial charge in [-0.25, -0.2) is 0 Å². The molecule has 1 heterocycles. The lowest BCUT2D eigenvalue weighted by Crippen LogP contribution is -2.51. The second kappa shape index (κ2) is 12.5. The summed E-state index contributed by atoms with van der Waals surface area (Å²) in [6, 6.07) is 14.2. The lowest BCUT2D eigenvalue weighted by Gasteiger charge is -2.34. The van der Waals surface area contributed by atoms with Crippen LogP contribution in [0, 0.1) is 0 Å². The number of carbonyl (C=O) groups is 3. The summed E-state index contributed by atoms with van der Waals surface area (Å²) in [6.07, 6.45) is 0. The average Bonchev–Trinajstić information content (AvgIpc) is 3.44. The van der Waals surface area contributed by atoms with Gasteiger partial charge < -0.3 is 24.8 Å². The van der Waals surface area contributed by atoms with Crippen LogP contribution in [-0.2, 0) is 9.59 Å². The molecule has 0 fully saturated rings. The molecule has 38 heavy (non-hydrogen) atoms. The average molecular weight is 540 g/mol. The molecule has 0 saturated carbocycles. The predicted molar refractivity (Wildman–Crippen MR) is 147 cm³/mol. The van der Waals surface area contributed by atoms with Crippen LogP contribution in [0.4, 0.5) is 5.69 Å². The van der Waals surface area contributed by atoms with Gasteiger partial charge in [-0.3, -0.25) is 19.3 Å². The molecule has 0 saturated heterocycles. The summed E-state index contributed by atoms with van der Waals surface area (Å²) >= 11 is 1.27. The van der Waals surface area contributed by atoms with Crippen molar-refractivity contribution in [1.29, 1.82) is 0 Å². The highest BCUT2D eigenvalue weighted by Gasteiger charge is 2.35. The minimum Gasteiger partial charge on any atom is -0.497 e. The minimum atomic E-state index is -1.09. The van der Waals surface area contributed by atoms with Crippen LogP contribution < -0.4 is 29.7 Å². The molecule has 3 aromatic rings. The fraction of sp³-hybridized carbons (Fsp3) is 0.321. The summed E-state index contributed by atoms with van der Waals surface area (Å²) in [7, 11) is 4.56. The highest BCUT2D eigenvalue weighted by molar-refractivity contribution is 7.12. The monoisotopic (exact) mass is 539 g/mol. The van der Waals surface area contributed by atoms with E-state index < -0.39 is 23.4 Å². The van der Waals surface area contributed by atoms with Crippen LogP contribution >= 0.6 is 11.3 Å². The summed E-state index contributed by atoms with van der Waals surface area (Å²) in [6.45, 7) is 5.25. The Hall–Kier alpha value is -4.05. The van der Waals surface area contributed by atoms with Gasteiger partial charge in [0.05, 0.1) is 32.8 Å². The smallest absolute Gasteiger partial charge is 0.261 e. The Labute approximate surface area is 226 Å². The maximum atomic E-state index is 13.8. The van der Waals surface area contributed by atoms with Crippen molar-refractivity contribution in [2.45, 2.75) is 32.4 Å².